The van der Waals surface area contributed by atoms with Gasteiger partial charge in [-0.25, -0.2) is 13.8 Å². The molecule has 1 aromatic carbocycles. The first kappa shape index (κ1) is 12.1. The number of aromatic nitrogens is 1. The average Bonchev–Trinajstić information content (AvgIpc) is 2.68. The monoisotopic (exact) mass is 255 g/mol. The molecule has 2 nitrogen and oxygen atoms in total. The van der Waals surface area contributed by atoms with Crippen molar-refractivity contribution in [1.29, 1.82) is 0 Å². The van der Waals surface area contributed by atoms with E-state index in [0.717, 1.165) is 11.8 Å². The second-order valence-electron chi connectivity index (χ2n) is 3.75. The van der Waals surface area contributed by atoms with Crippen LogP contribution in [0, 0.1) is 18.6 Å². The molecule has 1 atom stereocenters. The van der Waals surface area contributed by atoms with E-state index in [1.165, 1.54) is 23.5 Å². The number of rotatable bonds is 3. The SMILES string of the molecule is Cc1csc(CC(O)c2cccc(F)c2F)n1. The highest BCUT2D eigenvalue weighted by atomic mass is 32.1. The van der Waals surface area contributed by atoms with Crippen molar-refractivity contribution in [2.75, 3.05) is 0 Å². The van der Waals surface area contributed by atoms with E-state index in [1.807, 2.05) is 12.3 Å². The molecule has 2 rings (SSSR count). The average molecular weight is 255 g/mol. The number of hydrogen-bond acceptors (Lipinski definition) is 3. The number of thiazole rings is 1. The maximum absolute atomic E-state index is 13.4. The second kappa shape index (κ2) is 4.89. The summed E-state index contributed by atoms with van der Waals surface area (Å²) in [7, 11) is 0. The van der Waals surface area contributed by atoms with E-state index < -0.39 is 17.7 Å². The van der Waals surface area contributed by atoms with Gasteiger partial charge >= 0.3 is 0 Å². The van der Waals surface area contributed by atoms with E-state index in [1.54, 1.807) is 0 Å². The lowest BCUT2D eigenvalue weighted by Gasteiger charge is -2.10. The van der Waals surface area contributed by atoms with Crippen LogP contribution in [0.5, 0.6) is 0 Å². The summed E-state index contributed by atoms with van der Waals surface area (Å²) < 4.78 is 26.4. The summed E-state index contributed by atoms with van der Waals surface area (Å²) in [4.78, 5) is 4.17. The highest BCUT2D eigenvalue weighted by Crippen LogP contribution is 2.23. The first-order valence-electron chi connectivity index (χ1n) is 5.11. The van der Waals surface area contributed by atoms with Gasteiger partial charge in [-0.2, -0.15) is 0 Å². The van der Waals surface area contributed by atoms with Gasteiger partial charge in [0.15, 0.2) is 11.6 Å². The summed E-state index contributed by atoms with van der Waals surface area (Å²) in [5.41, 5.74) is 0.828. The number of aliphatic hydroxyl groups excluding tert-OH is 1. The molecule has 0 amide bonds. The molecule has 0 fully saturated rings. The Kier molecular flexibility index (Phi) is 3.49. The van der Waals surface area contributed by atoms with Gasteiger partial charge in [0.25, 0.3) is 0 Å². The van der Waals surface area contributed by atoms with E-state index in [0.29, 0.717) is 5.01 Å². The molecule has 90 valence electrons. The van der Waals surface area contributed by atoms with Crippen LogP contribution >= 0.6 is 11.3 Å². The molecule has 1 aromatic heterocycles. The number of aryl methyl sites for hydroxylation is 1. The lowest BCUT2D eigenvalue weighted by Crippen LogP contribution is -2.05. The van der Waals surface area contributed by atoms with Gasteiger partial charge in [-0.05, 0) is 13.0 Å². The van der Waals surface area contributed by atoms with E-state index in [-0.39, 0.29) is 12.0 Å². The van der Waals surface area contributed by atoms with Gasteiger partial charge in [-0.1, -0.05) is 12.1 Å². The Balaban J connectivity index is 2.20. The predicted molar refractivity (Wildman–Crippen MR) is 61.9 cm³/mol. The molecule has 5 heteroatoms. The van der Waals surface area contributed by atoms with Gasteiger partial charge in [-0.3, -0.25) is 0 Å². The van der Waals surface area contributed by atoms with Crippen molar-refractivity contribution in [3.8, 4) is 0 Å². The molecule has 17 heavy (non-hydrogen) atoms. The first-order chi connectivity index (χ1) is 8.08. The molecule has 2 aromatic rings. The largest absolute Gasteiger partial charge is 0.388 e. The Labute approximate surface area is 102 Å². The van der Waals surface area contributed by atoms with E-state index in [2.05, 4.69) is 4.98 Å². The fraction of sp³-hybridized carbons (Fsp3) is 0.250. The summed E-state index contributed by atoms with van der Waals surface area (Å²) in [6, 6.07) is 3.78. The van der Waals surface area contributed by atoms with Crippen LogP contribution in [0.4, 0.5) is 8.78 Å². The van der Waals surface area contributed by atoms with Crippen LogP contribution in [0.2, 0.25) is 0 Å². The Morgan fingerprint density at radius 3 is 2.82 bits per heavy atom. The molecule has 0 spiro atoms. The fourth-order valence-corrected chi connectivity index (χ4v) is 2.36. The summed E-state index contributed by atoms with van der Waals surface area (Å²) in [5.74, 6) is -1.94. The zero-order valence-corrected chi connectivity index (χ0v) is 9.97. The minimum Gasteiger partial charge on any atom is -0.388 e. The number of hydrogen-bond donors (Lipinski definition) is 1. The standard InChI is InChI=1S/C12H11F2NOS/c1-7-6-17-11(15-7)5-10(16)8-3-2-4-9(13)12(8)14/h2-4,6,10,16H,5H2,1H3. The summed E-state index contributed by atoms with van der Waals surface area (Å²) in [6.07, 6.45) is -0.880. The molecule has 0 aliphatic heterocycles. The number of nitrogens with zero attached hydrogens (tertiary/aromatic N) is 1. The molecule has 0 aliphatic carbocycles. The van der Waals surface area contributed by atoms with Gasteiger partial charge < -0.3 is 5.11 Å². The van der Waals surface area contributed by atoms with Gasteiger partial charge in [0.1, 0.15) is 0 Å². The normalized spacial score (nSPS) is 12.7. The van der Waals surface area contributed by atoms with Crippen molar-refractivity contribution < 1.29 is 13.9 Å². The van der Waals surface area contributed by atoms with E-state index >= 15 is 0 Å². The zero-order chi connectivity index (χ0) is 12.4. The van der Waals surface area contributed by atoms with Crippen molar-refractivity contribution in [3.05, 3.63) is 51.5 Å². The van der Waals surface area contributed by atoms with Crippen LogP contribution < -0.4 is 0 Å². The third-order valence-corrected chi connectivity index (χ3v) is 3.36. The van der Waals surface area contributed by atoms with Crippen molar-refractivity contribution in [2.24, 2.45) is 0 Å². The van der Waals surface area contributed by atoms with Crippen LogP contribution in [-0.2, 0) is 6.42 Å². The number of halogens is 2. The highest BCUT2D eigenvalue weighted by molar-refractivity contribution is 7.09. The molecule has 0 saturated carbocycles. The van der Waals surface area contributed by atoms with Crippen molar-refractivity contribution in [3.63, 3.8) is 0 Å². The fourth-order valence-electron chi connectivity index (χ4n) is 1.55. The molecular formula is C12H11F2NOS. The predicted octanol–water partition coefficient (Wildman–Crippen LogP) is 3.01. The maximum Gasteiger partial charge on any atom is 0.164 e. The van der Waals surface area contributed by atoms with Crippen LogP contribution in [0.15, 0.2) is 23.6 Å². The Bertz CT molecular complexity index is 527. The van der Waals surface area contributed by atoms with Crippen LogP contribution in [-0.4, -0.2) is 10.1 Å². The van der Waals surface area contributed by atoms with Gasteiger partial charge in [0, 0.05) is 23.1 Å². The summed E-state index contributed by atoms with van der Waals surface area (Å²) in [5, 5.41) is 12.4. The van der Waals surface area contributed by atoms with Crippen molar-refractivity contribution >= 4 is 11.3 Å². The first-order valence-corrected chi connectivity index (χ1v) is 5.99. The molecule has 0 bridgehead atoms. The lowest BCUT2D eigenvalue weighted by atomic mass is 10.1. The van der Waals surface area contributed by atoms with E-state index in [9.17, 15) is 13.9 Å². The third kappa shape index (κ3) is 2.68. The van der Waals surface area contributed by atoms with Crippen LogP contribution in [0.3, 0.4) is 0 Å². The van der Waals surface area contributed by atoms with Crippen molar-refractivity contribution in [1.82, 2.24) is 4.98 Å². The number of aliphatic hydroxyl groups is 1. The quantitative estimate of drug-likeness (QED) is 0.914. The Morgan fingerprint density at radius 1 is 1.41 bits per heavy atom. The minimum atomic E-state index is -1.07. The third-order valence-electron chi connectivity index (χ3n) is 2.38. The molecule has 1 heterocycles. The molecule has 0 saturated heterocycles. The molecule has 1 unspecified atom stereocenters. The van der Waals surface area contributed by atoms with Gasteiger partial charge in [-0.15, -0.1) is 11.3 Å². The summed E-state index contributed by atoms with van der Waals surface area (Å²) in [6.45, 7) is 1.84. The molecule has 0 radical (unpaired) electrons. The maximum atomic E-state index is 13.4. The van der Waals surface area contributed by atoms with Crippen LogP contribution in [0.1, 0.15) is 22.4 Å². The Morgan fingerprint density at radius 2 is 2.18 bits per heavy atom. The smallest absolute Gasteiger partial charge is 0.164 e. The van der Waals surface area contributed by atoms with Crippen molar-refractivity contribution in [2.45, 2.75) is 19.4 Å². The number of benzene rings is 1. The Hall–Kier alpha value is -1.33. The minimum absolute atomic E-state index is 0.0298. The van der Waals surface area contributed by atoms with E-state index in [4.69, 9.17) is 0 Å². The molecule has 0 aliphatic rings. The lowest BCUT2D eigenvalue weighted by molar-refractivity contribution is 0.172. The topological polar surface area (TPSA) is 33.1 Å². The van der Waals surface area contributed by atoms with Gasteiger partial charge in [0.2, 0.25) is 0 Å². The highest BCUT2D eigenvalue weighted by Gasteiger charge is 2.17. The zero-order valence-electron chi connectivity index (χ0n) is 9.15. The molecule has 1 N–H and O–H groups in total. The van der Waals surface area contributed by atoms with Gasteiger partial charge in [0.05, 0.1) is 11.1 Å². The second-order valence-corrected chi connectivity index (χ2v) is 4.69. The van der Waals surface area contributed by atoms with Crippen LogP contribution in [0.25, 0.3) is 0 Å². The molecular weight excluding hydrogens is 244 g/mol. The summed E-state index contributed by atoms with van der Waals surface area (Å²) >= 11 is 1.40.